The molecule has 0 aliphatic rings. The van der Waals surface area contributed by atoms with Crippen LogP contribution in [0.1, 0.15) is 6.42 Å². The Morgan fingerprint density at radius 3 is 2.29 bits per heavy atom. The molecule has 0 N–H and O–H groups in total. The van der Waals surface area contributed by atoms with Crippen molar-refractivity contribution in [1.29, 1.82) is 15.8 Å². The predicted octanol–water partition coefficient (Wildman–Crippen LogP) is 0.907. The molecule has 0 aromatic carbocycles. The van der Waals surface area contributed by atoms with E-state index in [9.17, 15) is 0 Å². The minimum Gasteiger partial charge on any atom is -0.762 e. The Balaban J connectivity index is 5.15. The average Bonchev–Trinajstić information content (AvgIpc) is 2.24. The minimum absolute atomic E-state index is 0.104. The summed E-state index contributed by atoms with van der Waals surface area (Å²) in [5, 5.41) is 34.6. The Bertz CT molecular complexity index is 359. The maximum absolute atomic E-state index is 8.76. The van der Waals surface area contributed by atoms with E-state index in [1.807, 2.05) is 0 Å². The molecular formula is C9H6N4O. The fraction of sp³-hybridized carbons (Fsp3) is 0.333. The van der Waals surface area contributed by atoms with Crippen LogP contribution in [0.25, 0.3) is 5.41 Å². The maximum Gasteiger partial charge on any atom is 0.230 e. The Morgan fingerprint density at radius 2 is 2.00 bits per heavy atom. The molecule has 0 amide bonds. The van der Waals surface area contributed by atoms with E-state index >= 15 is 0 Å². The van der Waals surface area contributed by atoms with Crippen molar-refractivity contribution in [2.75, 3.05) is 7.11 Å². The molecule has 0 bridgehead atoms. The number of rotatable bonds is 4. The molecule has 0 radical (unpaired) electrons. The van der Waals surface area contributed by atoms with Crippen LogP contribution in [0.3, 0.4) is 0 Å². The van der Waals surface area contributed by atoms with Crippen LogP contribution in [-0.4, -0.2) is 13.0 Å². The Labute approximate surface area is 81.9 Å². The lowest BCUT2D eigenvalue weighted by Gasteiger charge is -2.10. The summed E-state index contributed by atoms with van der Waals surface area (Å²) in [6, 6.07) is 4.83. The van der Waals surface area contributed by atoms with Gasteiger partial charge in [-0.3, -0.25) is 5.87 Å². The van der Waals surface area contributed by atoms with E-state index in [-0.39, 0.29) is 6.42 Å². The van der Waals surface area contributed by atoms with Gasteiger partial charge < -0.3 is 5.41 Å². The van der Waals surface area contributed by atoms with Gasteiger partial charge in [0.05, 0.1) is 24.8 Å². The summed E-state index contributed by atoms with van der Waals surface area (Å²) in [6.45, 7) is 1.21. The molecule has 0 rings (SSSR count). The average molecular weight is 186 g/mol. The van der Waals surface area contributed by atoms with E-state index in [4.69, 9.17) is 21.2 Å². The summed E-state index contributed by atoms with van der Waals surface area (Å²) >= 11 is 0. The highest BCUT2D eigenvalue weighted by Crippen LogP contribution is 2.29. The fourth-order valence-corrected chi connectivity index (χ4v) is 0.754. The standard InChI is InChI=1S/C9H6N4O/c1-14-3-2-9(6-12,7-13)8(4-10)5-11/h3H,2H2,1H3. The lowest BCUT2D eigenvalue weighted by molar-refractivity contribution is 0.251. The Hall–Kier alpha value is -2.25. The molecule has 0 heterocycles. The van der Waals surface area contributed by atoms with Crippen molar-refractivity contribution >= 4 is 5.87 Å². The summed E-state index contributed by atoms with van der Waals surface area (Å²) in [6.07, 6.45) is -0.104. The molecule has 0 fully saturated rings. The van der Waals surface area contributed by atoms with Crippen LogP contribution in [0.15, 0.2) is 5.57 Å². The van der Waals surface area contributed by atoms with Crippen LogP contribution in [-0.2, 0) is 4.74 Å². The zero-order chi connectivity index (χ0) is 11.0. The third-order valence-corrected chi connectivity index (χ3v) is 1.59. The van der Waals surface area contributed by atoms with E-state index < -0.39 is 11.0 Å². The molecule has 0 aromatic heterocycles. The zero-order valence-corrected chi connectivity index (χ0v) is 7.48. The molecule has 5 heteroatoms. The lowest BCUT2D eigenvalue weighted by Crippen LogP contribution is -2.19. The molecule has 0 saturated carbocycles. The largest absolute Gasteiger partial charge is 0.762 e. The number of allylic oxidation sites excluding steroid dienone is 1. The van der Waals surface area contributed by atoms with Gasteiger partial charge >= 0.3 is 0 Å². The van der Waals surface area contributed by atoms with Crippen LogP contribution >= 0.6 is 0 Å². The van der Waals surface area contributed by atoms with Crippen molar-refractivity contribution < 1.29 is 4.74 Å². The Kier molecular flexibility index (Phi) is 4.54. The van der Waals surface area contributed by atoms with E-state index in [1.54, 1.807) is 12.1 Å². The molecule has 0 aromatic rings. The summed E-state index contributed by atoms with van der Waals surface area (Å²) < 4.78 is 4.58. The molecule has 0 spiro atoms. The lowest BCUT2D eigenvalue weighted by atomic mass is 9.81. The smallest absolute Gasteiger partial charge is 0.230 e. The predicted molar refractivity (Wildman–Crippen MR) is 47.1 cm³/mol. The van der Waals surface area contributed by atoms with Crippen molar-refractivity contribution in [3.63, 3.8) is 0 Å². The van der Waals surface area contributed by atoms with Crippen molar-refractivity contribution in [3.05, 3.63) is 17.6 Å². The number of hydrogen-bond donors (Lipinski definition) is 0. The maximum atomic E-state index is 8.76. The highest BCUT2D eigenvalue weighted by atomic mass is 16.5. The van der Waals surface area contributed by atoms with E-state index in [1.165, 1.54) is 25.7 Å². The summed E-state index contributed by atoms with van der Waals surface area (Å²) in [7, 11) is 1.36. The molecular weight excluding hydrogens is 180 g/mol. The van der Waals surface area contributed by atoms with Crippen molar-refractivity contribution in [3.8, 4) is 18.2 Å². The second-order valence-electron chi connectivity index (χ2n) is 2.33. The quantitative estimate of drug-likeness (QED) is 0.369. The minimum atomic E-state index is -1.72. The van der Waals surface area contributed by atoms with Gasteiger partial charge in [-0.25, -0.2) is 0 Å². The normalized spacial score (nSPS) is 8.71. The highest BCUT2D eigenvalue weighted by molar-refractivity contribution is 5.71. The third-order valence-electron chi connectivity index (χ3n) is 1.59. The molecule has 0 saturated heterocycles. The van der Waals surface area contributed by atoms with Gasteiger partial charge in [-0.15, -0.1) is 0 Å². The van der Waals surface area contributed by atoms with Crippen molar-refractivity contribution in [2.24, 2.45) is 5.41 Å². The first-order chi connectivity index (χ1) is 6.70. The summed E-state index contributed by atoms with van der Waals surface area (Å²) in [5.74, 6) is 1.54. The fourth-order valence-electron chi connectivity index (χ4n) is 0.754. The van der Waals surface area contributed by atoms with Crippen molar-refractivity contribution in [1.82, 2.24) is 0 Å². The van der Waals surface area contributed by atoms with Gasteiger partial charge in [0, 0.05) is 0 Å². The molecule has 68 valence electrons. The van der Waals surface area contributed by atoms with Gasteiger partial charge in [0.2, 0.25) is 12.0 Å². The van der Waals surface area contributed by atoms with E-state index in [0.29, 0.717) is 0 Å². The van der Waals surface area contributed by atoms with Gasteiger partial charge in [0.1, 0.15) is 6.07 Å². The highest BCUT2D eigenvalue weighted by Gasteiger charge is 2.39. The molecule has 14 heavy (non-hydrogen) atoms. The van der Waals surface area contributed by atoms with E-state index in [0.717, 1.165) is 0 Å². The molecule has 0 aliphatic carbocycles. The van der Waals surface area contributed by atoms with Gasteiger partial charge in [-0.2, -0.15) is 20.5 Å². The number of hydrogen-bond acceptors (Lipinski definition) is 4. The van der Waals surface area contributed by atoms with Crippen LogP contribution in [0.5, 0.6) is 0 Å². The first-order valence-corrected chi connectivity index (χ1v) is 3.55. The summed E-state index contributed by atoms with van der Waals surface area (Å²) in [4.78, 5) is 0. The Morgan fingerprint density at radius 1 is 1.43 bits per heavy atom. The first kappa shape index (κ1) is 11.8. The molecule has 0 aliphatic heterocycles. The second kappa shape index (κ2) is 5.41. The van der Waals surface area contributed by atoms with Crippen molar-refractivity contribution in [2.45, 2.75) is 6.42 Å². The third kappa shape index (κ3) is 2.12. The van der Waals surface area contributed by atoms with Gasteiger partial charge in [0.25, 0.3) is 0 Å². The molecule has 0 unspecified atom stereocenters. The number of nitriles is 3. The van der Waals surface area contributed by atoms with Crippen LogP contribution < -0.4 is 0 Å². The van der Waals surface area contributed by atoms with Crippen LogP contribution in [0.4, 0.5) is 0 Å². The summed E-state index contributed by atoms with van der Waals surface area (Å²) in [5.41, 5.74) is -2.14. The number of nitrogens with zero attached hydrogens (tertiary/aromatic N) is 4. The second-order valence-corrected chi connectivity index (χ2v) is 2.33. The molecule has 5 nitrogen and oxygen atoms in total. The number of ether oxygens (including phenoxy) is 1. The topological polar surface area (TPSA) is 103 Å². The SMILES string of the molecule is CO[CH+]CC(C#N)(C#N)C(=C=[N-])C#N. The van der Waals surface area contributed by atoms with Crippen LogP contribution in [0.2, 0.25) is 0 Å². The molecule has 0 atom stereocenters. The van der Waals surface area contributed by atoms with E-state index in [2.05, 4.69) is 4.74 Å². The van der Waals surface area contributed by atoms with Gasteiger partial charge in [0.15, 0.2) is 6.42 Å². The van der Waals surface area contributed by atoms with Gasteiger partial charge in [-0.1, -0.05) is 0 Å². The number of methoxy groups -OCH3 is 1. The zero-order valence-electron chi connectivity index (χ0n) is 7.48. The first-order valence-electron chi connectivity index (χ1n) is 3.55. The van der Waals surface area contributed by atoms with Crippen LogP contribution in [0, 0.1) is 46.0 Å². The monoisotopic (exact) mass is 186 g/mol. The van der Waals surface area contributed by atoms with Gasteiger partial charge in [-0.05, 0) is 0 Å².